The molecular formula is C12H9F2N3O3. The van der Waals surface area contributed by atoms with Crippen molar-refractivity contribution in [3.63, 3.8) is 0 Å². The summed E-state index contributed by atoms with van der Waals surface area (Å²) in [5.41, 5.74) is 0.459. The monoisotopic (exact) mass is 281 g/mol. The summed E-state index contributed by atoms with van der Waals surface area (Å²) in [7, 11) is 0. The fourth-order valence-electron chi connectivity index (χ4n) is 1.55. The van der Waals surface area contributed by atoms with Crippen molar-refractivity contribution in [2.24, 2.45) is 0 Å². The van der Waals surface area contributed by atoms with E-state index in [0.717, 1.165) is 12.4 Å². The normalized spacial score (nSPS) is 10.6. The quantitative estimate of drug-likeness (QED) is 0.621. The summed E-state index contributed by atoms with van der Waals surface area (Å²) in [5, 5.41) is 10.5. The van der Waals surface area contributed by atoms with Crippen LogP contribution in [-0.2, 0) is 6.42 Å². The number of nitro groups is 1. The first-order valence-electron chi connectivity index (χ1n) is 5.53. The van der Waals surface area contributed by atoms with Gasteiger partial charge in [0, 0.05) is 6.42 Å². The Balaban J connectivity index is 2.11. The van der Waals surface area contributed by atoms with E-state index in [9.17, 15) is 18.9 Å². The van der Waals surface area contributed by atoms with Crippen LogP contribution in [0.25, 0.3) is 0 Å². The predicted octanol–water partition coefficient (Wildman–Crippen LogP) is 2.58. The van der Waals surface area contributed by atoms with Crippen LogP contribution < -0.4 is 4.74 Å². The molecule has 0 fully saturated rings. The maximum absolute atomic E-state index is 12.1. The standard InChI is InChI=1S/C12H9F2N3O3/c13-12(14)20-10-3-1-2-8(4-10)5-11-15-6-9(7-16-11)17(18)19/h1-4,6-7,12H,5H2. The van der Waals surface area contributed by atoms with Crippen LogP contribution in [0.1, 0.15) is 11.4 Å². The third kappa shape index (κ3) is 3.67. The highest BCUT2D eigenvalue weighted by Crippen LogP contribution is 2.17. The minimum Gasteiger partial charge on any atom is -0.435 e. The van der Waals surface area contributed by atoms with Gasteiger partial charge in [-0.05, 0) is 17.7 Å². The SMILES string of the molecule is O=[N+]([O-])c1cnc(Cc2cccc(OC(F)F)c2)nc1. The lowest BCUT2D eigenvalue weighted by Crippen LogP contribution is -2.03. The van der Waals surface area contributed by atoms with Gasteiger partial charge in [0.1, 0.15) is 24.0 Å². The molecule has 104 valence electrons. The molecule has 0 amide bonds. The molecule has 2 rings (SSSR count). The summed E-state index contributed by atoms with van der Waals surface area (Å²) in [6, 6.07) is 6.12. The van der Waals surface area contributed by atoms with Crippen LogP contribution >= 0.6 is 0 Å². The third-order valence-corrected chi connectivity index (χ3v) is 2.39. The fourth-order valence-corrected chi connectivity index (χ4v) is 1.55. The van der Waals surface area contributed by atoms with Crippen molar-refractivity contribution in [3.05, 3.63) is 58.2 Å². The molecule has 2 aromatic rings. The predicted molar refractivity (Wildman–Crippen MR) is 64.6 cm³/mol. The van der Waals surface area contributed by atoms with Gasteiger partial charge in [0.25, 0.3) is 0 Å². The molecule has 1 aromatic heterocycles. The van der Waals surface area contributed by atoms with E-state index < -0.39 is 11.5 Å². The van der Waals surface area contributed by atoms with Gasteiger partial charge in [-0.25, -0.2) is 9.97 Å². The van der Waals surface area contributed by atoms with Crippen LogP contribution in [-0.4, -0.2) is 21.5 Å². The number of rotatable bonds is 5. The third-order valence-electron chi connectivity index (χ3n) is 2.39. The molecule has 0 aliphatic carbocycles. The second kappa shape index (κ2) is 6.00. The zero-order valence-corrected chi connectivity index (χ0v) is 10.1. The molecule has 1 heterocycles. The largest absolute Gasteiger partial charge is 0.435 e. The van der Waals surface area contributed by atoms with E-state index in [-0.39, 0.29) is 17.9 Å². The Kier molecular flexibility index (Phi) is 4.14. The molecule has 0 bridgehead atoms. The molecule has 0 radical (unpaired) electrons. The average molecular weight is 281 g/mol. The second-order valence-corrected chi connectivity index (χ2v) is 3.82. The number of hydrogen-bond donors (Lipinski definition) is 0. The van der Waals surface area contributed by atoms with E-state index in [1.54, 1.807) is 12.1 Å². The van der Waals surface area contributed by atoms with Crippen LogP contribution in [0.4, 0.5) is 14.5 Å². The van der Waals surface area contributed by atoms with Crippen LogP contribution in [0, 0.1) is 10.1 Å². The number of aromatic nitrogens is 2. The summed E-state index contributed by atoms with van der Waals surface area (Å²) >= 11 is 0. The molecule has 8 heteroatoms. The van der Waals surface area contributed by atoms with Gasteiger partial charge in [0.05, 0.1) is 4.92 Å². The Hall–Kier alpha value is -2.64. The highest BCUT2D eigenvalue weighted by Gasteiger charge is 2.08. The summed E-state index contributed by atoms with van der Waals surface area (Å²) in [5.74, 6) is 0.393. The van der Waals surface area contributed by atoms with Crippen molar-refractivity contribution in [2.75, 3.05) is 0 Å². The van der Waals surface area contributed by atoms with Gasteiger partial charge in [0.15, 0.2) is 0 Å². The molecule has 20 heavy (non-hydrogen) atoms. The van der Waals surface area contributed by atoms with Gasteiger partial charge in [-0.2, -0.15) is 8.78 Å². The Labute approximate surface area is 112 Å². The number of ether oxygens (including phenoxy) is 1. The molecule has 1 aromatic carbocycles. The minimum atomic E-state index is -2.89. The molecule has 0 aliphatic rings. The molecule has 0 unspecified atom stereocenters. The number of benzene rings is 1. The maximum atomic E-state index is 12.1. The molecular weight excluding hydrogens is 272 g/mol. The molecule has 0 saturated carbocycles. The van der Waals surface area contributed by atoms with Gasteiger partial charge in [-0.3, -0.25) is 10.1 Å². The lowest BCUT2D eigenvalue weighted by atomic mass is 10.1. The molecule has 0 spiro atoms. The Bertz CT molecular complexity index is 605. The average Bonchev–Trinajstić information content (AvgIpc) is 2.39. The van der Waals surface area contributed by atoms with Crippen molar-refractivity contribution < 1.29 is 18.4 Å². The van der Waals surface area contributed by atoms with Gasteiger partial charge in [0.2, 0.25) is 0 Å². The summed E-state index contributed by atoms with van der Waals surface area (Å²) in [6.45, 7) is -2.89. The molecule has 0 N–H and O–H groups in total. The maximum Gasteiger partial charge on any atom is 0.387 e. The van der Waals surface area contributed by atoms with Gasteiger partial charge in [-0.15, -0.1) is 0 Å². The van der Waals surface area contributed by atoms with E-state index >= 15 is 0 Å². The topological polar surface area (TPSA) is 78.2 Å². The zero-order valence-electron chi connectivity index (χ0n) is 10.1. The Morgan fingerprint density at radius 3 is 2.60 bits per heavy atom. The van der Waals surface area contributed by atoms with E-state index in [0.29, 0.717) is 11.4 Å². The first kappa shape index (κ1) is 13.8. The molecule has 0 atom stereocenters. The highest BCUT2D eigenvalue weighted by atomic mass is 19.3. The van der Waals surface area contributed by atoms with Crippen LogP contribution in [0.5, 0.6) is 5.75 Å². The summed E-state index contributed by atoms with van der Waals surface area (Å²) < 4.78 is 28.5. The fraction of sp³-hybridized carbons (Fsp3) is 0.167. The van der Waals surface area contributed by atoms with E-state index in [4.69, 9.17) is 0 Å². The lowest BCUT2D eigenvalue weighted by Gasteiger charge is -2.06. The number of nitrogens with zero attached hydrogens (tertiary/aromatic N) is 3. The minimum absolute atomic E-state index is 0.0411. The van der Waals surface area contributed by atoms with Crippen molar-refractivity contribution >= 4 is 5.69 Å². The first-order valence-corrected chi connectivity index (χ1v) is 5.53. The van der Waals surface area contributed by atoms with Crippen LogP contribution in [0.15, 0.2) is 36.7 Å². The van der Waals surface area contributed by atoms with E-state index in [1.165, 1.54) is 12.1 Å². The zero-order chi connectivity index (χ0) is 14.5. The van der Waals surface area contributed by atoms with Crippen LogP contribution in [0.3, 0.4) is 0 Å². The van der Waals surface area contributed by atoms with Gasteiger partial charge >= 0.3 is 12.3 Å². The van der Waals surface area contributed by atoms with Crippen molar-refractivity contribution in [1.82, 2.24) is 9.97 Å². The van der Waals surface area contributed by atoms with Crippen molar-refractivity contribution in [2.45, 2.75) is 13.0 Å². The highest BCUT2D eigenvalue weighted by molar-refractivity contribution is 5.31. The number of alkyl halides is 2. The smallest absolute Gasteiger partial charge is 0.387 e. The van der Waals surface area contributed by atoms with Crippen LogP contribution in [0.2, 0.25) is 0 Å². The first-order chi connectivity index (χ1) is 9.54. The molecule has 0 aliphatic heterocycles. The van der Waals surface area contributed by atoms with Gasteiger partial charge in [-0.1, -0.05) is 12.1 Å². The van der Waals surface area contributed by atoms with E-state index in [2.05, 4.69) is 14.7 Å². The Morgan fingerprint density at radius 2 is 2.00 bits per heavy atom. The van der Waals surface area contributed by atoms with Crippen molar-refractivity contribution in [3.8, 4) is 5.75 Å². The van der Waals surface area contributed by atoms with Crippen molar-refractivity contribution in [1.29, 1.82) is 0 Å². The Morgan fingerprint density at radius 1 is 1.30 bits per heavy atom. The number of halogens is 2. The summed E-state index contributed by atoms with van der Waals surface area (Å²) in [4.78, 5) is 17.5. The number of hydrogen-bond acceptors (Lipinski definition) is 5. The lowest BCUT2D eigenvalue weighted by molar-refractivity contribution is -0.385. The second-order valence-electron chi connectivity index (χ2n) is 3.82. The van der Waals surface area contributed by atoms with E-state index in [1.807, 2.05) is 0 Å². The van der Waals surface area contributed by atoms with Gasteiger partial charge < -0.3 is 4.74 Å². The molecule has 6 nitrogen and oxygen atoms in total. The molecule has 0 saturated heterocycles. The summed E-state index contributed by atoms with van der Waals surface area (Å²) in [6.07, 6.45) is 2.46.